The second-order valence-electron chi connectivity index (χ2n) is 8.38. The number of fused-ring (bicyclic) bond motifs is 4. The number of aliphatic hydroxyl groups is 1. The van der Waals surface area contributed by atoms with Crippen LogP contribution in [0.4, 0.5) is 10.1 Å². The Kier molecular flexibility index (Phi) is 5.23. The molecule has 1 spiro atoms. The number of anilines is 1. The Bertz CT molecular complexity index is 1100. The molecular weight excluding hydrogens is 409 g/mol. The molecule has 5 rings (SSSR count). The van der Waals surface area contributed by atoms with Crippen LogP contribution in [0.2, 0.25) is 5.02 Å². The number of carbonyl (C=O) groups excluding carboxylic acids is 1. The van der Waals surface area contributed by atoms with Gasteiger partial charge >= 0.3 is 0 Å². The van der Waals surface area contributed by atoms with Crippen molar-refractivity contribution in [2.24, 2.45) is 0 Å². The van der Waals surface area contributed by atoms with E-state index < -0.39 is 11.5 Å². The first-order valence-electron chi connectivity index (χ1n) is 9.86. The molecule has 158 valence electrons. The minimum atomic E-state index is -1.09. The van der Waals surface area contributed by atoms with Crippen molar-refractivity contribution in [2.45, 2.75) is 57.0 Å². The molecule has 0 atom stereocenters. The van der Waals surface area contributed by atoms with Crippen molar-refractivity contribution >= 4 is 29.3 Å². The monoisotopic (exact) mass is 431 g/mol. The summed E-state index contributed by atoms with van der Waals surface area (Å²) in [5.41, 5.74) is 3.21. The van der Waals surface area contributed by atoms with Gasteiger partial charge in [-0.1, -0.05) is 18.0 Å². The highest BCUT2D eigenvalue weighted by Gasteiger charge is 2.45. The van der Waals surface area contributed by atoms with Crippen molar-refractivity contribution in [3.63, 3.8) is 0 Å². The van der Waals surface area contributed by atoms with Gasteiger partial charge < -0.3 is 10.4 Å². The molecule has 2 aliphatic rings. The third-order valence-electron chi connectivity index (χ3n) is 5.86. The molecule has 3 aromatic heterocycles. The van der Waals surface area contributed by atoms with Crippen LogP contribution in [0.1, 0.15) is 56.5 Å². The lowest BCUT2D eigenvalue weighted by molar-refractivity contribution is -0.105. The van der Waals surface area contributed by atoms with E-state index in [0.29, 0.717) is 28.5 Å². The van der Waals surface area contributed by atoms with E-state index in [1.54, 1.807) is 18.4 Å². The number of pyridine rings is 1. The van der Waals surface area contributed by atoms with Crippen molar-refractivity contribution < 1.29 is 14.3 Å². The molecule has 0 aliphatic heterocycles. The van der Waals surface area contributed by atoms with Crippen LogP contribution in [-0.4, -0.2) is 31.1 Å². The first kappa shape index (κ1) is 20.7. The SMILES string of the molecule is CC(C)(O)c1ncc(NC=O)cc1Cl.Fc1cc2ncc3c(n2n1)C1(CCC1)CC3. The van der Waals surface area contributed by atoms with Crippen LogP contribution in [-0.2, 0) is 22.2 Å². The van der Waals surface area contributed by atoms with E-state index in [1.807, 2.05) is 6.20 Å². The van der Waals surface area contributed by atoms with E-state index in [1.165, 1.54) is 55.3 Å². The van der Waals surface area contributed by atoms with Crippen molar-refractivity contribution in [1.82, 2.24) is 19.6 Å². The zero-order chi connectivity index (χ0) is 21.5. The third-order valence-corrected chi connectivity index (χ3v) is 6.15. The fourth-order valence-corrected chi connectivity index (χ4v) is 4.70. The standard InChI is InChI=1S/C12H12FN3.C9H11ClN2O2/c13-9-6-10-14-7-8-2-5-12(3-1-4-12)11(8)16(10)15-9;1-9(2,14)8-7(10)3-6(4-11-8)12-5-13/h6-7H,1-5H2;3-5,14H,1-2H3,(H,12,13). The van der Waals surface area contributed by atoms with Gasteiger partial charge in [0.15, 0.2) is 5.65 Å². The van der Waals surface area contributed by atoms with Crippen molar-refractivity contribution in [2.75, 3.05) is 5.32 Å². The Labute approximate surface area is 178 Å². The van der Waals surface area contributed by atoms with Crippen LogP contribution in [0, 0.1) is 5.95 Å². The predicted molar refractivity (Wildman–Crippen MR) is 111 cm³/mol. The van der Waals surface area contributed by atoms with Gasteiger partial charge in [-0.3, -0.25) is 9.78 Å². The fraction of sp³-hybridized carbons (Fsp3) is 0.429. The number of rotatable bonds is 3. The molecule has 0 unspecified atom stereocenters. The van der Waals surface area contributed by atoms with Crippen LogP contribution in [0.3, 0.4) is 0 Å². The summed E-state index contributed by atoms with van der Waals surface area (Å²) in [5.74, 6) is -0.428. The van der Waals surface area contributed by atoms with Crippen molar-refractivity contribution in [1.29, 1.82) is 0 Å². The normalized spacial score (nSPS) is 16.6. The number of hydrogen-bond acceptors (Lipinski definition) is 5. The van der Waals surface area contributed by atoms with Crippen molar-refractivity contribution in [3.8, 4) is 0 Å². The first-order valence-corrected chi connectivity index (χ1v) is 10.2. The average molecular weight is 432 g/mol. The second kappa shape index (κ2) is 7.59. The number of aromatic nitrogens is 4. The van der Waals surface area contributed by atoms with E-state index >= 15 is 0 Å². The molecule has 3 heterocycles. The van der Waals surface area contributed by atoms with Crippen LogP contribution in [0.25, 0.3) is 5.65 Å². The Hall–Kier alpha value is -2.58. The van der Waals surface area contributed by atoms with Crippen LogP contribution >= 0.6 is 11.6 Å². The second-order valence-corrected chi connectivity index (χ2v) is 8.79. The molecular formula is C21H23ClFN5O2. The largest absolute Gasteiger partial charge is 0.384 e. The quantitative estimate of drug-likeness (QED) is 0.616. The van der Waals surface area contributed by atoms with E-state index in [9.17, 15) is 14.3 Å². The Morgan fingerprint density at radius 2 is 2.03 bits per heavy atom. The number of amides is 1. The van der Waals surface area contributed by atoms with Crippen molar-refractivity contribution in [3.05, 3.63) is 52.4 Å². The number of carbonyl (C=O) groups is 1. The van der Waals surface area contributed by atoms with Gasteiger partial charge in [0.2, 0.25) is 12.4 Å². The van der Waals surface area contributed by atoms with E-state index in [-0.39, 0.29) is 5.41 Å². The minimum Gasteiger partial charge on any atom is -0.384 e. The van der Waals surface area contributed by atoms with Gasteiger partial charge in [0.1, 0.15) is 5.60 Å². The predicted octanol–water partition coefficient (Wildman–Crippen LogP) is 3.77. The fourth-order valence-electron chi connectivity index (χ4n) is 4.31. The summed E-state index contributed by atoms with van der Waals surface area (Å²) in [6.45, 7) is 3.18. The molecule has 2 N–H and O–H groups in total. The molecule has 9 heteroatoms. The first-order chi connectivity index (χ1) is 14.2. The Morgan fingerprint density at radius 1 is 1.27 bits per heavy atom. The highest BCUT2D eigenvalue weighted by atomic mass is 35.5. The summed E-state index contributed by atoms with van der Waals surface area (Å²) in [6.07, 6.45) is 9.86. The molecule has 2 aliphatic carbocycles. The maximum absolute atomic E-state index is 13.2. The zero-order valence-electron chi connectivity index (χ0n) is 16.8. The number of nitrogens with one attached hydrogen (secondary N) is 1. The lowest BCUT2D eigenvalue weighted by Crippen LogP contribution is -2.33. The Morgan fingerprint density at radius 3 is 2.63 bits per heavy atom. The maximum Gasteiger partial charge on any atom is 0.235 e. The number of hydrogen-bond donors (Lipinski definition) is 2. The smallest absolute Gasteiger partial charge is 0.235 e. The van der Waals surface area contributed by atoms with E-state index in [4.69, 9.17) is 11.6 Å². The van der Waals surface area contributed by atoms with Crippen LogP contribution in [0.5, 0.6) is 0 Å². The molecule has 3 aromatic rings. The molecule has 30 heavy (non-hydrogen) atoms. The van der Waals surface area contributed by atoms with Gasteiger partial charge in [0.25, 0.3) is 0 Å². The third kappa shape index (κ3) is 3.65. The highest BCUT2D eigenvalue weighted by Crippen LogP contribution is 2.52. The maximum atomic E-state index is 13.2. The molecule has 0 saturated heterocycles. The van der Waals surface area contributed by atoms with E-state index in [2.05, 4.69) is 20.4 Å². The van der Waals surface area contributed by atoms with Gasteiger partial charge in [0.05, 0.1) is 28.3 Å². The molecule has 1 saturated carbocycles. The molecule has 0 radical (unpaired) electrons. The summed E-state index contributed by atoms with van der Waals surface area (Å²) in [4.78, 5) is 18.4. The van der Waals surface area contributed by atoms with Gasteiger partial charge in [-0.15, -0.1) is 5.10 Å². The molecule has 1 fully saturated rings. The summed E-state index contributed by atoms with van der Waals surface area (Å²) < 4.78 is 14.9. The molecule has 1 amide bonds. The minimum absolute atomic E-state index is 0.287. The number of halogens is 2. The number of nitrogens with zero attached hydrogens (tertiary/aromatic N) is 4. The molecule has 0 bridgehead atoms. The molecule has 0 aromatic carbocycles. The topological polar surface area (TPSA) is 92.4 Å². The highest BCUT2D eigenvalue weighted by molar-refractivity contribution is 6.31. The summed E-state index contributed by atoms with van der Waals surface area (Å²) >= 11 is 5.87. The lowest BCUT2D eigenvalue weighted by atomic mass is 9.67. The average Bonchev–Trinajstić information content (AvgIpc) is 3.20. The summed E-state index contributed by atoms with van der Waals surface area (Å²) in [6, 6.07) is 2.95. The number of aryl methyl sites for hydroxylation is 1. The van der Waals surface area contributed by atoms with Gasteiger partial charge in [-0.25, -0.2) is 9.50 Å². The van der Waals surface area contributed by atoms with Crippen LogP contribution in [0.15, 0.2) is 24.5 Å². The molecule has 7 nitrogen and oxygen atoms in total. The van der Waals surface area contributed by atoms with Gasteiger partial charge in [-0.05, 0) is 51.2 Å². The van der Waals surface area contributed by atoms with Gasteiger partial charge in [-0.2, -0.15) is 4.39 Å². The zero-order valence-corrected chi connectivity index (χ0v) is 17.6. The summed E-state index contributed by atoms with van der Waals surface area (Å²) in [5, 5.41) is 16.3. The summed E-state index contributed by atoms with van der Waals surface area (Å²) in [7, 11) is 0. The Balaban J connectivity index is 0.000000147. The lowest BCUT2D eigenvalue weighted by Gasteiger charge is -2.38. The van der Waals surface area contributed by atoms with E-state index in [0.717, 1.165) is 6.42 Å². The van der Waals surface area contributed by atoms with Gasteiger partial charge in [0, 0.05) is 17.7 Å². The van der Waals surface area contributed by atoms with Crippen LogP contribution < -0.4 is 5.32 Å².